The molecule has 0 amide bonds. The van der Waals surface area contributed by atoms with Gasteiger partial charge in [0.05, 0.1) is 10.9 Å². The van der Waals surface area contributed by atoms with Gasteiger partial charge in [-0.3, -0.25) is 9.88 Å². The Bertz CT molecular complexity index is 1670. The summed E-state index contributed by atoms with van der Waals surface area (Å²) in [7, 11) is 0. The molecule has 0 aliphatic carbocycles. The van der Waals surface area contributed by atoms with Crippen LogP contribution in [0.1, 0.15) is 38.5 Å². The van der Waals surface area contributed by atoms with Gasteiger partial charge in [0.25, 0.3) is 0 Å². The molecule has 1 N–H and O–H groups in total. The summed E-state index contributed by atoms with van der Waals surface area (Å²) >= 11 is 12.9. The number of fused-ring (bicyclic) bond motifs is 5. The normalized spacial score (nSPS) is 27.3. The molecule has 4 aromatic rings. The van der Waals surface area contributed by atoms with Crippen LogP contribution in [0.3, 0.4) is 0 Å². The van der Waals surface area contributed by atoms with Crippen LogP contribution in [0.5, 0.6) is 6.01 Å². The molecule has 2 bridgehead atoms. The molecule has 4 aliphatic rings. The molecule has 0 spiro atoms. The Kier molecular flexibility index (Phi) is 6.67. The maximum atomic E-state index is 16.7. The van der Waals surface area contributed by atoms with E-state index in [2.05, 4.69) is 20.1 Å². The zero-order valence-corrected chi connectivity index (χ0v) is 24.8. The van der Waals surface area contributed by atoms with Crippen LogP contribution < -0.4 is 15.0 Å². The Morgan fingerprint density at radius 2 is 1.86 bits per heavy atom. The molecule has 3 unspecified atom stereocenters. The smallest absolute Gasteiger partial charge is 0.319 e. The van der Waals surface area contributed by atoms with Crippen molar-refractivity contribution in [3.8, 4) is 17.3 Å². The fourth-order valence-corrected chi connectivity index (χ4v) is 8.56. The summed E-state index contributed by atoms with van der Waals surface area (Å²) < 4.78 is 23.1. The number of halogens is 3. The summed E-state index contributed by atoms with van der Waals surface area (Å²) in [5.41, 5.74) is 1.02. The molecule has 0 saturated carbocycles. The van der Waals surface area contributed by atoms with Crippen LogP contribution in [0, 0.1) is 5.82 Å². The number of nitrogens with zero attached hydrogens (tertiary/aromatic N) is 5. The SMILES string of the molecule is Fc1c(-c2cccc3cccc(Cl)c23)ncc2c(N3CC4CCC(C3)N4)nc(OC[C@@]34CCCN3C(CCl)CC4)nc12. The molecule has 218 valence electrons. The zero-order valence-electron chi connectivity index (χ0n) is 23.3. The molecule has 7 nitrogen and oxygen atoms in total. The van der Waals surface area contributed by atoms with E-state index < -0.39 is 5.82 Å². The standard InChI is InChI=1S/C32H33Cl2FN6O/c33-14-22-10-12-32(11-3-13-41(22)32)18-42-31-38-29-24(30(39-31)40-16-20-8-9-21(17-40)37-20)15-36-28(27(29)35)23-6-1-4-19-5-2-7-25(34)26(19)23/h1-2,4-7,15,20-22,37H,3,8-14,16-18H2/t20?,21?,22?,32-/m0/s1. The Balaban J connectivity index is 1.23. The van der Waals surface area contributed by atoms with Gasteiger partial charge in [-0.25, -0.2) is 4.39 Å². The highest BCUT2D eigenvalue weighted by atomic mass is 35.5. The maximum absolute atomic E-state index is 16.7. The van der Waals surface area contributed by atoms with Gasteiger partial charge in [-0.2, -0.15) is 9.97 Å². The van der Waals surface area contributed by atoms with Crippen molar-refractivity contribution in [1.29, 1.82) is 0 Å². The first-order valence-electron chi connectivity index (χ1n) is 15.0. The molecule has 4 aliphatic heterocycles. The minimum atomic E-state index is -0.491. The average Bonchev–Trinajstić information content (AvgIpc) is 3.68. The van der Waals surface area contributed by atoms with E-state index in [1.807, 2.05) is 36.4 Å². The van der Waals surface area contributed by atoms with Crippen LogP contribution >= 0.6 is 23.2 Å². The van der Waals surface area contributed by atoms with Gasteiger partial charge in [0, 0.05) is 59.3 Å². The fraction of sp³-hybridized carbons (Fsp3) is 0.469. The molecular formula is C32H33Cl2FN6O. The summed E-state index contributed by atoms with van der Waals surface area (Å²) in [5, 5.41) is 6.53. The van der Waals surface area contributed by atoms with E-state index in [1.54, 1.807) is 6.20 Å². The highest BCUT2D eigenvalue weighted by Gasteiger charge is 2.49. The van der Waals surface area contributed by atoms with Crippen LogP contribution in [-0.4, -0.2) is 75.6 Å². The number of aromatic nitrogens is 3. The number of nitrogens with one attached hydrogen (secondary N) is 1. The Hall–Kier alpha value is -2.78. The molecule has 42 heavy (non-hydrogen) atoms. The minimum absolute atomic E-state index is 0.0617. The number of benzene rings is 2. The Morgan fingerprint density at radius 1 is 1.05 bits per heavy atom. The lowest BCUT2D eigenvalue weighted by Gasteiger charge is -2.35. The second kappa shape index (κ2) is 10.4. The summed E-state index contributed by atoms with van der Waals surface area (Å²) in [6.07, 6.45) is 8.27. The first kappa shape index (κ1) is 26.8. The van der Waals surface area contributed by atoms with E-state index in [0.29, 0.717) is 52.4 Å². The van der Waals surface area contributed by atoms with Crippen molar-refractivity contribution in [2.24, 2.45) is 0 Å². The molecule has 4 saturated heterocycles. The second-order valence-corrected chi connectivity index (χ2v) is 13.1. The number of rotatable bonds is 6. The lowest BCUT2D eigenvalue weighted by atomic mass is 9.95. The van der Waals surface area contributed by atoms with Crippen molar-refractivity contribution in [1.82, 2.24) is 25.2 Å². The molecule has 2 aromatic carbocycles. The summed E-state index contributed by atoms with van der Waals surface area (Å²) in [5.74, 6) is 0.825. The van der Waals surface area contributed by atoms with Crippen molar-refractivity contribution < 1.29 is 9.13 Å². The van der Waals surface area contributed by atoms with Crippen molar-refractivity contribution in [3.05, 3.63) is 53.4 Å². The monoisotopic (exact) mass is 606 g/mol. The molecule has 4 atom stereocenters. The van der Waals surface area contributed by atoms with Gasteiger partial charge in [-0.15, -0.1) is 11.6 Å². The fourth-order valence-electron chi connectivity index (χ4n) is 7.95. The third-order valence-corrected chi connectivity index (χ3v) is 10.6. The summed E-state index contributed by atoms with van der Waals surface area (Å²) in [6.45, 7) is 3.11. The molecular weight excluding hydrogens is 574 g/mol. The van der Waals surface area contributed by atoms with Crippen LogP contribution in [0.25, 0.3) is 32.9 Å². The van der Waals surface area contributed by atoms with Crippen LogP contribution in [0.2, 0.25) is 5.02 Å². The number of anilines is 1. The van der Waals surface area contributed by atoms with E-state index in [0.717, 1.165) is 68.9 Å². The van der Waals surface area contributed by atoms with E-state index in [9.17, 15) is 0 Å². The van der Waals surface area contributed by atoms with Gasteiger partial charge < -0.3 is 15.0 Å². The summed E-state index contributed by atoms with van der Waals surface area (Å²) in [6, 6.07) is 12.8. The van der Waals surface area contributed by atoms with Gasteiger partial charge >= 0.3 is 6.01 Å². The third-order valence-electron chi connectivity index (χ3n) is 9.95. The molecule has 10 heteroatoms. The number of alkyl halides is 1. The summed E-state index contributed by atoms with van der Waals surface area (Å²) in [4.78, 5) is 19.1. The van der Waals surface area contributed by atoms with Gasteiger partial charge in [0.15, 0.2) is 5.82 Å². The number of ether oxygens (including phenoxy) is 1. The van der Waals surface area contributed by atoms with Crippen molar-refractivity contribution in [2.45, 2.75) is 62.2 Å². The highest BCUT2D eigenvalue weighted by Crippen LogP contribution is 2.43. The average molecular weight is 608 g/mol. The second-order valence-electron chi connectivity index (χ2n) is 12.4. The third kappa shape index (κ3) is 4.33. The van der Waals surface area contributed by atoms with Gasteiger partial charge in [0.1, 0.15) is 23.6 Å². The van der Waals surface area contributed by atoms with Crippen molar-refractivity contribution in [2.75, 3.05) is 37.0 Å². The van der Waals surface area contributed by atoms with E-state index in [4.69, 9.17) is 37.9 Å². The Labute approximate surface area is 254 Å². The predicted molar refractivity (Wildman–Crippen MR) is 165 cm³/mol. The maximum Gasteiger partial charge on any atom is 0.319 e. The van der Waals surface area contributed by atoms with Crippen LogP contribution in [0.4, 0.5) is 10.2 Å². The van der Waals surface area contributed by atoms with Gasteiger partial charge in [-0.05, 0) is 56.5 Å². The predicted octanol–water partition coefficient (Wildman–Crippen LogP) is 6.19. The topological polar surface area (TPSA) is 66.4 Å². The van der Waals surface area contributed by atoms with Crippen molar-refractivity contribution >= 4 is 50.7 Å². The molecule has 0 radical (unpaired) electrons. The lowest BCUT2D eigenvalue weighted by Crippen LogP contribution is -2.51. The highest BCUT2D eigenvalue weighted by molar-refractivity contribution is 6.36. The first-order chi connectivity index (χ1) is 20.5. The zero-order chi connectivity index (χ0) is 28.4. The van der Waals surface area contributed by atoms with E-state index >= 15 is 4.39 Å². The van der Waals surface area contributed by atoms with E-state index in [1.165, 1.54) is 0 Å². The quantitative estimate of drug-likeness (QED) is 0.262. The number of piperazine rings is 1. The van der Waals surface area contributed by atoms with Gasteiger partial charge in [0.2, 0.25) is 0 Å². The minimum Gasteiger partial charge on any atom is -0.461 e. The van der Waals surface area contributed by atoms with Crippen LogP contribution in [-0.2, 0) is 0 Å². The number of pyridine rings is 1. The molecule has 4 fully saturated rings. The lowest BCUT2D eigenvalue weighted by molar-refractivity contribution is 0.0896. The van der Waals surface area contributed by atoms with Gasteiger partial charge in [-0.1, -0.05) is 41.9 Å². The van der Waals surface area contributed by atoms with E-state index in [-0.39, 0.29) is 22.8 Å². The molecule has 8 rings (SSSR count). The first-order valence-corrected chi connectivity index (χ1v) is 15.9. The van der Waals surface area contributed by atoms with Crippen LogP contribution in [0.15, 0.2) is 42.6 Å². The molecule has 6 heterocycles. The molecule has 2 aromatic heterocycles. The number of hydrogen-bond donors (Lipinski definition) is 1. The van der Waals surface area contributed by atoms with Crippen molar-refractivity contribution in [3.63, 3.8) is 0 Å². The Morgan fingerprint density at radius 3 is 2.67 bits per heavy atom. The number of hydrogen-bond acceptors (Lipinski definition) is 7. The largest absolute Gasteiger partial charge is 0.461 e.